The highest BCUT2D eigenvalue weighted by molar-refractivity contribution is 5.79. The fourth-order valence-corrected chi connectivity index (χ4v) is 2.79. The molecule has 2 atom stereocenters. The second kappa shape index (κ2) is 6.60. The Hall–Kier alpha value is -2.70. The fraction of sp³-hybridized carbons (Fsp3) is 0.375. The summed E-state index contributed by atoms with van der Waals surface area (Å²) in [5, 5.41) is 7.46. The summed E-state index contributed by atoms with van der Waals surface area (Å²) < 4.78 is 6.98. The van der Waals surface area contributed by atoms with Crippen LogP contribution in [0.3, 0.4) is 0 Å². The van der Waals surface area contributed by atoms with E-state index in [1.54, 1.807) is 17.8 Å². The topological polar surface area (TPSA) is 81.9 Å². The zero-order chi connectivity index (χ0) is 16.2. The molecule has 0 aromatic carbocycles. The predicted molar refractivity (Wildman–Crippen MR) is 84.5 cm³/mol. The molecule has 0 radical (unpaired) electrons. The first-order chi connectivity index (χ1) is 11.3. The second-order valence-corrected chi connectivity index (χ2v) is 5.15. The molecule has 1 N–H and O–H groups in total. The number of carbonyl (C=O) groups excluding carboxylic acids is 1. The van der Waals surface area contributed by atoms with Crippen molar-refractivity contribution < 1.29 is 9.53 Å². The molecule has 0 bridgehead atoms. The van der Waals surface area contributed by atoms with Gasteiger partial charge in [-0.2, -0.15) is 10.1 Å². The lowest BCUT2D eigenvalue weighted by atomic mass is 9.91. The summed E-state index contributed by atoms with van der Waals surface area (Å²) in [5.41, 5.74) is 1.53. The van der Waals surface area contributed by atoms with Crippen LogP contribution in [0.4, 0.5) is 5.95 Å². The van der Waals surface area contributed by atoms with Crippen molar-refractivity contribution >= 4 is 11.9 Å². The molecule has 0 aliphatic carbocycles. The van der Waals surface area contributed by atoms with E-state index in [-0.39, 0.29) is 12.0 Å². The van der Waals surface area contributed by atoms with E-state index in [2.05, 4.69) is 20.4 Å². The molecule has 2 aromatic rings. The molecule has 120 valence electrons. The highest BCUT2D eigenvalue weighted by Gasteiger charge is 2.41. The number of ether oxygens (including phenoxy) is 1. The van der Waals surface area contributed by atoms with Crippen LogP contribution >= 0.6 is 0 Å². The maximum atomic E-state index is 12.6. The lowest BCUT2D eigenvalue weighted by molar-refractivity contribution is -0.147. The van der Waals surface area contributed by atoms with Crippen molar-refractivity contribution in [1.29, 1.82) is 0 Å². The number of carbonyl (C=O) groups is 1. The number of fused-ring (bicyclic) bond motifs is 1. The number of nitrogens with one attached hydrogen (secondary N) is 1. The van der Waals surface area contributed by atoms with Crippen molar-refractivity contribution in [1.82, 2.24) is 19.7 Å². The molecule has 3 rings (SSSR count). The van der Waals surface area contributed by atoms with Crippen LogP contribution in [0, 0.1) is 5.92 Å². The molecule has 0 spiro atoms. The van der Waals surface area contributed by atoms with Crippen molar-refractivity contribution in [3.05, 3.63) is 48.2 Å². The van der Waals surface area contributed by atoms with Gasteiger partial charge in [0, 0.05) is 11.9 Å². The van der Waals surface area contributed by atoms with E-state index in [4.69, 9.17) is 4.74 Å². The number of hydrogen-bond acceptors (Lipinski definition) is 6. The largest absolute Gasteiger partial charge is 0.465 e. The minimum Gasteiger partial charge on any atom is -0.465 e. The van der Waals surface area contributed by atoms with Crippen LogP contribution < -0.4 is 5.32 Å². The molecule has 0 unspecified atom stereocenters. The third-order valence-electron chi connectivity index (χ3n) is 3.70. The molecule has 1 aliphatic rings. The minimum atomic E-state index is -0.529. The van der Waals surface area contributed by atoms with E-state index in [1.165, 1.54) is 6.33 Å². The highest BCUT2D eigenvalue weighted by Crippen LogP contribution is 2.37. The number of allylic oxidation sites excluding steroid dienone is 1. The number of esters is 1. The smallest absolute Gasteiger partial charge is 0.317 e. The molecule has 3 heterocycles. The highest BCUT2D eigenvalue weighted by atomic mass is 16.5. The number of hydrogen-bond donors (Lipinski definition) is 1. The lowest BCUT2D eigenvalue weighted by Gasteiger charge is -2.33. The molecule has 0 saturated heterocycles. The molecule has 0 fully saturated rings. The quantitative estimate of drug-likeness (QED) is 0.871. The number of pyridine rings is 1. The van der Waals surface area contributed by atoms with Gasteiger partial charge in [-0.3, -0.25) is 9.78 Å². The average molecular weight is 313 g/mol. The number of anilines is 1. The maximum absolute atomic E-state index is 12.6. The van der Waals surface area contributed by atoms with E-state index in [1.807, 2.05) is 31.2 Å². The van der Waals surface area contributed by atoms with Gasteiger partial charge in [-0.15, -0.1) is 0 Å². The van der Waals surface area contributed by atoms with Gasteiger partial charge in [0.1, 0.15) is 18.3 Å². The minimum absolute atomic E-state index is 0.295. The van der Waals surface area contributed by atoms with Crippen LogP contribution in [0.15, 0.2) is 42.5 Å². The molecule has 7 nitrogen and oxygen atoms in total. The van der Waals surface area contributed by atoms with Gasteiger partial charge in [0.05, 0.1) is 12.3 Å². The van der Waals surface area contributed by atoms with Crippen molar-refractivity contribution in [3.63, 3.8) is 0 Å². The van der Waals surface area contributed by atoms with Crippen molar-refractivity contribution in [2.45, 2.75) is 26.3 Å². The van der Waals surface area contributed by atoms with Crippen molar-refractivity contribution in [2.75, 3.05) is 11.9 Å². The Morgan fingerprint density at radius 1 is 1.39 bits per heavy atom. The summed E-state index contributed by atoms with van der Waals surface area (Å²) in [6, 6.07) is 5.24. The lowest BCUT2D eigenvalue weighted by Crippen LogP contribution is -2.38. The summed E-state index contributed by atoms with van der Waals surface area (Å²) in [5.74, 6) is -0.226. The molecule has 1 aliphatic heterocycles. The summed E-state index contributed by atoms with van der Waals surface area (Å²) in [7, 11) is 0. The second-order valence-electron chi connectivity index (χ2n) is 5.15. The van der Waals surface area contributed by atoms with Crippen LogP contribution in [0.5, 0.6) is 0 Å². The van der Waals surface area contributed by atoms with E-state index >= 15 is 0 Å². The molecule has 2 aromatic heterocycles. The van der Waals surface area contributed by atoms with Gasteiger partial charge in [-0.25, -0.2) is 4.68 Å². The molecular weight excluding hydrogens is 294 g/mol. The maximum Gasteiger partial charge on any atom is 0.317 e. The van der Waals surface area contributed by atoms with Crippen LogP contribution in [0.25, 0.3) is 0 Å². The van der Waals surface area contributed by atoms with E-state index in [0.717, 1.165) is 17.8 Å². The van der Waals surface area contributed by atoms with Gasteiger partial charge in [0.2, 0.25) is 5.95 Å². The predicted octanol–water partition coefficient (Wildman–Crippen LogP) is 2.16. The summed E-state index contributed by atoms with van der Waals surface area (Å²) >= 11 is 0. The van der Waals surface area contributed by atoms with Crippen LogP contribution in [0.2, 0.25) is 0 Å². The van der Waals surface area contributed by atoms with Gasteiger partial charge in [0.15, 0.2) is 0 Å². The normalized spacial score (nSPS) is 21.6. The van der Waals surface area contributed by atoms with Gasteiger partial charge in [-0.05, 0) is 25.5 Å². The van der Waals surface area contributed by atoms with Gasteiger partial charge >= 0.3 is 5.97 Å². The van der Waals surface area contributed by atoms with Crippen LogP contribution in [0.1, 0.15) is 32.0 Å². The molecule has 7 heteroatoms. The van der Waals surface area contributed by atoms with E-state index in [0.29, 0.717) is 12.6 Å². The summed E-state index contributed by atoms with van der Waals surface area (Å²) in [6.07, 6.45) is 5.95. The average Bonchev–Trinajstić information content (AvgIpc) is 3.03. The Morgan fingerprint density at radius 2 is 2.26 bits per heavy atom. The third-order valence-corrected chi connectivity index (χ3v) is 3.70. The molecule has 0 amide bonds. The molecule has 0 saturated carbocycles. The van der Waals surface area contributed by atoms with Gasteiger partial charge in [0.25, 0.3) is 0 Å². The zero-order valence-electron chi connectivity index (χ0n) is 13.1. The Labute approximate surface area is 134 Å². The Morgan fingerprint density at radius 3 is 2.96 bits per heavy atom. The number of nitrogens with zero attached hydrogens (tertiary/aromatic N) is 4. The van der Waals surface area contributed by atoms with Crippen LogP contribution in [-0.2, 0) is 9.53 Å². The summed E-state index contributed by atoms with van der Waals surface area (Å²) in [6.45, 7) is 4.15. The molecule has 23 heavy (non-hydrogen) atoms. The fourth-order valence-electron chi connectivity index (χ4n) is 2.79. The first kappa shape index (κ1) is 15.2. The molecular formula is C16H19N5O2. The Bertz CT molecular complexity index is 710. The number of aromatic nitrogens is 4. The number of rotatable bonds is 4. The third kappa shape index (κ3) is 2.81. The van der Waals surface area contributed by atoms with E-state index < -0.39 is 5.92 Å². The van der Waals surface area contributed by atoms with Gasteiger partial charge < -0.3 is 10.1 Å². The first-order valence-corrected chi connectivity index (χ1v) is 7.70. The Kier molecular flexibility index (Phi) is 4.36. The van der Waals surface area contributed by atoms with Gasteiger partial charge in [-0.1, -0.05) is 19.1 Å². The van der Waals surface area contributed by atoms with Crippen LogP contribution in [-0.4, -0.2) is 32.3 Å². The first-order valence-electron chi connectivity index (χ1n) is 7.70. The summed E-state index contributed by atoms with van der Waals surface area (Å²) in [4.78, 5) is 21.2. The van der Waals surface area contributed by atoms with Crippen molar-refractivity contribution in [3.8, 4) is 0 Å². The van der Waals surface area contributed by atoms with E-state index in [9.17, 15) is 4.79 Å². The zero-order valence-corrected chi connectivity index (χ0v) is 13.1. The standard InChI is InChI=1S/C16H19N5O2/c1-3-7-11-13(15(22)23-4-2)14(12-8-5-6-9-17-12)21-16(20-11)18-10-19-21/h5-10,13-14H,3-4H2,1-2H3,(H,18,19,20)/b11-7-/t13-,14+/m1/s1. The SMILES string of the molecule is CC/C=C1\Nc2ncnn2[C@@H](c2ccccn2)[C@@H]1C(=O)OCC. The Balaban J connectivity index is 2.13. The van der Waals surface area contributed by atoms with Crippen molar-refractivity contribution in [2.24, 2.45) is 5.92 Å². The monoisotopic (exact) mass is 313 g/mol.